The highest BCUT2D eigenvalue weighted by molar-refractivity contribution is 5.96. The number of nitrogens with one attached hydrogen (secondary N) is 1. The molecule has 1 aromatic carbocycles. The van der Waals surface area contributed by atoms with E-state index in [0.717, 1.165) is 44.2 Å². The summed E-state index contributed by atoms with van der Waals surface area (Å²) in [5, 5.41) is 26.9. The van der Waals surface area contributed by atoms with Gasteiger partial charge in [0.15, 0.2) is 12.6 Å². The van der Waals surface area contributed by atoms with Crippen LogP contribution in [0.4, 0.5) is 0 Å². The van der Waals surface area contributed by atoms with E-state index < -0.39 is 17.9 Å². The average Bonchev–Trinajstić information content (AvgIpc) is 3.17. The second kappa shape index (κ2) is 9.66. The SMILES string of the molecule is C[C@]12CC[C@H]3[C@@H](CCC4=C/C(=N\OCC(=O)N[C@H](C(=O)O)c5ccccc5)CC[C@@]43C)[C@@H]1CC[C@@H]2O. The molecule has 7 nitrogen and oxygen atoms in total. The third-order valence-corrected chi connectivity index (χ3v) is 9.99. The van der Waals surface area contributed by atoms with Crippen LogP contribution >= 0.6 is 0 Å². The molecule has 1 amide bonds. The van der Waals surface area contributed by atoms with Crippen LogP contribution in [0.15, 0.2) is 47.1 Å². The van der Waals surface area contributed by atoms with Gasteiger partial charge in [0.25, 0.3) is 5.91 Å². The van der Waals surface area contributed by atoms with Crippen molar-refractivity contribution in [1.29, 1.82) is 0 Å². The van der Waals surface area contributed by atoms with Crippen LogP contribution in [-0.4, -0.2) is 40.5 Å². The highest BCUT2D eigenvalue weighted by Gasteiger charge is 2.58. The number of aliphatic hydroxyl groups is 1. The zero-order chi connectivity index (χ0) is 25.5. The van der Waals surface area contributed by atoms with Crippen molar-refractivity contribution in [3.63, 3.8) is 0 Å². The van der Waals surface area contributed by atoms with Gasteiger partial charge in [-0.25, -0.2) is 4.79 Å². The highest BCUT2D eigenvalue weighted by Crippen LogP contribution is 2.65. The summed E-state index contributed by atoms with van der Waals surface area (Å²) < 4.78 is 0. The van der Waals surface area contributed by atoms with Gasteiger partial charge in [-0.1, -0.05) is 54.9 Å². The normalized spacial score (nSPS) is 37.2. The molecule has 0 aliphatic heterocycles. The van der Waals surface area contributed by atoms with Crippen molar-refractivity contribution < 1.29 is 24.6 Å². The average molecular weight is 495 g/mol. The molecule has 1 aromatic rings. The van der Waals surface area contributed by atoms with Crippen molar-refractivity contribution >= 4 is 17.6 Å². The molecule has 0 spiro atoms. The zero-order valence-corrected chi connectivity index (χ0v) is 21.3. The van der Waals surface area contributed by atoms with Crippen LogP contribution in [0, 0.1) is 28.6 Å². The van der Waals surface area contributed by atoms with Crippen LogP contribution in [0.2, 0.25) is 0 Å². The minimum absolute atomic E-state index is 0.0919. The van der Waals surface area contributed by atoms with E-state index in [2.05, 4.69) is 30.4 Å². The Labute approximate surface area is 213 Å². The summed E-state index contributed by atoms with van der Waals surface area (Å²) in [5.41, 5.74) is 3.06. The minimum Gasteiger partial charge on any atom is -0.479 e. The lowest BCUT2D eigenvalue weighted by molar-refractivity contribution is -0.142. The van der Waals surface area contributed by atoms with Crippen LogP contribution in [0.5, 0.6) is 0 Å². The topological polar surface area (TPSA) is 108 Å². The molecule has 0 radical (unpaired) electrons. The molecule has 0 bridgehead atoms. The fourth-order valence-corrected chi connectivity index (χ4v) is 7.93. The largest absolute Gasteiger partial charge is 0.479 e. The molecule has 3 fully saturated rings. The standard InChI is InChI=1S/C29H38N2O5/c1-28-14-12-20(31-36-17-25(33)30-26(27(34)35)18-6-4-3-5-7-18)16-19(28)8-9-21-22-10-11-24(32)29(22,2)15-13-23(21)28/h3-7,16,21-24,26,32H,8-15,17H2,1-2H3,(H,30,33)(H,34,35)/b31-20-/t21-,22-,23-,24-,26-,28-,29-/m0/s1. The number of fused-ring (bicyclic) bond motifs is 5. The van der Waals surface area contributed by atoms with Gasteiger partial charge in [-0.05, 0) is 91.6 Å². The molecule has 7 atom stereocenters. The number of oxime groups is 1. The fraction of sp³-hybridized carbons (Fsp3) is 0.621. The Morgan fingerprint density at radius 1 is 1.08 bits per heavy atom. The molecule has 36 heavy (non-hydrogen) atoms. The molecule has 5 rings (SSSR count). The molecule has 7 heteroatoms. The van der Waals surface area contributed by atoms with Crippen LogP contribution in [0.25, 0.3) is 0 Å². The van der Waals surface area contributed by atoms with E-state index in [0.29, 0.717) is 23.3 Å². The van der Waals surface area contributed by atoms with E-state index in [-0.39, 0.29) is 23.5 Å². The first-order valence-electron chi connectivity index (χ1n) is 13.4. The van der Waals surface area contributed by atoms with Crippen molar-refractivity contribution in [2.45, 2.75) is 77.4 Å². The van der Waals surface area contributed by atoms with Crippen molar-refractivity contribution in [3.05, 3.63) is 47.5 Å². The Hall–Kier alpha value is -2.67. The number of benzene rings is 1. The number of rotatable bonds is 6. The Kier molecular flexibility index (Phi) is 6.70. The van der Waals surface area contributed by atoms with E-state index in [9.17, 15) is 19.8 Å². The smallest absolute Gasteiger partial charge is 0.330 e. The molecule has 4 aliphatic rings. The lowest BCUT2D eigenvalue weighted by Gasteiger charge is -2.57. The van der Waals surface area contributed by atoms with E-state index in [1.54, 1.807) is 30.3 Å². The highest BCUT2D eigenvalue weighted by atomic mass is 16.6. The van der Waals surface area contributed by atoms with Crippen molar-refractivity contribution in [2.75, 3.05) is 6.61 Å². The van der Waals surface area contributed by atoms with Gasteiger partial charge in [0.2, 0.25) is 0 Å². The molecule has 194 valence electrons. The molecule has 3 saturated carbocycles. The Balaban J connectivity index is 1.21. The number of nitrogens with zero attached hydrogens (tertiary/aromatic N) is 1. The van der Waals surface area contributed by atoms with Gasteiger partial charge in [0.05, 0.1) is 11.8 Å². The summed E-state index contributed by atoms with van der Waals surface area (Å²) in [6, 6.07) is 7.48. The maximum absolute atomic E-state index is 12.3. The lowest BCUT2D eigenvalue weighted by atomic mass is 9.47. The lowest BCUT2D eigenvalue weighted by Crippen LogP contribution is -2.51. The van der Waals surface area contributed by atoms with Crippen molar-refractivity contribution in [1.82, 2.24) is 5.32 Å². The van der Waals surface area contributed by atoms with Gasteiger partial charge in [0.1, 0.15) is 0 Å². The Morgan fingerprint density at radius 2 is 1.86 bits per heavy atom. The van der Waals surface area contributed by atoms with E-state index in [1.165, 1.54) is 18.4 Å². The van der Waals surface area contributed by atoms with E-state index in [1.807, 2.05) is 0 Å². The Morgan fingerprint density at radius 3 is 2.61 bits per heavy atom. The number of hydrogen-bond donors (Lipinski definition) is 3. The van der Waals surface area contributed by atoms with Gasteiger partial charge >= 0.3 is 5.97 Å². The number of aliphatic carboxylic acids is 1. The quantitative estimate of drug-likeness (QED) is 0.500. The van der Waals surface area contributed by atoms with E-state index >= 15 is 0 Å². The van der Waals surface area contributed by atoms with Crippen LogP contribution in [-0.2, 0) is 14.4 Å². The van der Waals surface area contributed by atoms with Gasteiger partial charge in [-0.2, -0.15) is 0 Å². The predicted octanol–water partition coefficient (Wildman–Crippen LogP) is 4.62. The van der Waals surface area contributed by atoms with Crippen molar-refractivity contribution in [3.8, 4) is 0 Å². The number of carbonyl (C=O) groups is 2. The van der Waals surface area contributed by atoms with E-state index in [4.69, 9.17) is 4.84 Å². The molecule has 3 N–H and O–H groups in total. The third kappa shape index (κ3) is 4.36. The number of amides is 1. The second-order valence-corrected chi connectivity index (χ2v) is 11.7. The summed E-state index contributed by atoms with van der Waals surface area (Å²) in [6.07, 6.45) is 10.5. The number of carboxylic acids is 1. The number of allylic oxidation sites excluding steroid dienone is 2. The summed E-state index contributed by atoms with van der Waals surface area (Å²) in [4.78, 5) is 29.3. The van der Waals surface area contributed by atoms with Gasteiger partial charge in [0, 0.05) is 0 Å². The monoisotopic (exact) mass is 494 g/mol. The fourth-order valence-electron chi connectivity index (χ4n) is 7.93. The number of carboxylic acid groups (broad SMARTS) is 1. The summed E-state index contributed by atoms with van der Waals surface area (Å²) in [6.45, 7) is 4.41. The molecule has 0 heterocycles. The molecular formula is C29H38N2O5. The van der Waals surface area contributed by atoms with Crippen molar-refractivity contribution in [2.24, 2.45) is 33.7 Å². The van der Waals surface area contributed by atoms with Crippen LogP contribution in [0.1, 0.15) is 76.8 Å². The van der Waals surface area contributed by atoms with Gasteiger partial charge in [-0.15, -0.1) is 0 Å². The van der Waals surface area contributed by atoms with Gasteiger partial charge < -0.3 is 20.4 Å². The summed E-state index contributed by atoms with van der Waals surface area (Å²) >= 11 is 0. The van der Waals surface area contributed by atoms with Gasteiger partial charge in [-0.3, -0.25) is 4.79 Å². The molecule has 0 saturated heterocycles. The first-order chi connectivity index (χ1) is 17.2. The summed E-state index contributed by atoms with van der Waals surface area (Å²) in [7, 11) is 0. The first kappa shape index (κ1) is 25.0. The summed E-state index contributed by atoms with van der Waals surface area (Å²) in [5.74, 6) is 0.330. The van der Waals surface area contributed by atoms with Crippen LogP contribution in [0.3, 0.4) is 0 Å². The minimum atomic E-state index is -1.12. The Bertz CT molecular complexity index is 1070. The third-order valence-electron chi connectivity index (χ3n) is 9.99. The number of hydrogen-bond acceptors (Lipinski definition) is 5. The zero-order valence-electron chi connectivity index (χ0n) is 21.3. The molecule has 0 aromatic heterocycles. The predicted molar refractivity (Wildman–Crippen MR) is 136 cm³/mol. The maximum atomic E-state index is 12.3. The molecule has 0 unspecified atom stereocenters. The first-order valence-corrected chi connectivity index (χ1v) is 13.4. The number of carbonyl (C=O) groups excluding carboxylic acids is 1. The maximum Gasteiger partial charge on any atom is 0.330 e. The molecule has 4 aliphatic carbocycles. The number of aliphatic hydroxyl groups excluding tert-OH is 1. The van der Waals surface area contributed by atoms with Crippen LogP contribution < -0.4 is 5.32 Å². The second-order valence-electron chi connectivity index (χ2n) is 11.7. The molecular weight excluding hydrogens is 456 g/mol.